The minimum absolute atomic E-state index is 0.100. The maximum Gasteiger partial charge on any atom is 0.0547 e. The van der Waals surface area contributed by atoms with Crippen molar-refractivity contribution in [3.05, 3.63) is 175 Å². The summed E-state index contributed by atoms with van der Waals surface area (Å²) < 4.78 is 2.55. The highest BCUT2D eigenvalue weighted by molar-refractivity contribution is 6.29. The van der Waals surface area contributed by atoms with E-state index < -0.39 is 0 Å². The normalized spacial score (nSPS) is 13.7. The molecule has 12 rings (SSSR count). The lowest BCUT2D eigenvalue weighted by atomic mass is 9.82. The zero-order valence-electron chi connectivity index (χ0n) is 29.0. The average Bonchev–Trinajstić information content (AvgIpc) is 3.63. The van der Waals surface area contributed by atoms with Gasteiger partial charge in [0.1, 0.15) is 0 Å². The van der Waals surface area contributed by atoms with Crippen LogP contribution >= 0.6 is 0 Å². The number of rotatable bonds is 1. The zero-order valence-corrected chi connectivity index (χ0v) is 29.0. The largest absolute Gasteiger partial charge is 0.309 e. The van der Waals surface area contributed by atoms with Crippen LogP contribution in [0.1, 0.15) is 25.0 Å². The van der Waals surface area contributed by atoms with Crippen LogP contribution in [0.2, 0.25) is 0 Å². The highest BCUT2D eigenvalue weighted by Gasteiger charge is 2.36. The quantitative estimate of drug-likeness (QED) is 0.155. The molecule has 52 heavy (non-hydrogen) atoms. The van der Waals surface area contributed by atoms with Crippen LogP contribution in [-0.2, 0) is 5.41 Å². The molecule has 0 saturated carbocycles. The second-order valence-corrected chi connectivity index (χ2v) is 15.2. The fourth-order valence-electron chi connectivity index (χ4n) is 9.92. The predicted molar refractivity (Wildman–Crippen MR) is 223 cm³/mol. The topological polar surface area (TPSA) is 4.93 Å². The van der Waals surface area contributed by atoms with Crippen LogP contribution in [0.25, 0.3) is 103 Å². The molecule has 0 saturated heterocycles. The van der Waals surface area contributed by atoms with Crippen LogP contribution in [0, 0.1) is 0 Å². The maximum absolute atomic E-state index is 2.55. The molecule has 1 aliphatic carbocycles. The van der Waals surface area contributed by atoms with E-state index in [-0.39, 0.29) is 5.41 Å². The molecule has 0 radical (unpaired) electrons. The molecule has 11 aromatic rings. The van der Waals surface area contributed by atoms with Gasteiger partial charge in [-0.3, -0.25) is 0 Å². The van der Waals surface area contributed by atoms with Crippen LogP contribution < -0.4 is 0 Å². The Morgan fingerprint density at radius 1 is 0.308 bits per heavy atom. The number of fused-ring (bicyclic) bond motifs is 18. The number of hydrogen-bond donors (Lipinski definition) is 0. The Balaban J connectivity index is 1.27. The smallest absolute Gasteiger partial charge is 0.0547 e. The molecule has 1 heterocycles. The van der Waals surface area contributed by atoms with Gasteiger partial charge in [0.05, 0.1) is 11.0 Å². The van der Waals surface area contributed by atoms with E-state index in [1.54, 1.807) is 0 Å². The first kappa shape index (κ1) is 28.3. The van der Waals surface area contributed by atoms with Crippen molar-refractivity contribution >= 4 is 86.4 Å². The molecule has 1 aromatic heterocycles. The van der Waals surface area contributed by atoms with Gasteiger partial charge in [0, 0.05) is 21.9 Å². The highest BCUT2D eigenvalue weighted by Crippen LogP contribution is 2.52. The van der Waals surface area contributed by atoms with E-state index in [0.717, 1.165) is 0 Å². The van der Waals surface area contributed by atoms with Gasteiger partial charge in [0.2, 0.25) is 0 Å². The van der Waals surface area contributed by atoms with Crippen LogP contribution in [0.5, 0.6) is 0 Å². The summed E-state index contributed by atoms with van der Waals surface area (Å²) in [6, 6.07) is 61.7. The van der Waals surface area contributed by atoms with Gasteiger partial charge in [-0.25, -0.2) is 0 Å². The molecule has 1 heteroatoms. The van der Waals surface area contributed by atoms with Crippen molar-refractivity contribution in [2.45, 2.75) is 19.3 Å². The van der Waals surface area contributed by atoms with Crippen LogP contribution in [0.15, 0.2) is 164 Å². The average molecular weight is 660 g/mol. The Kier molecular flexibility index (Phi) is 5.37. The summed E-state index contributed by atoms with van der Waals surface area (Å²) in [6.45, 7) is 4.77. The van der Waals surface area contributed by atoms with E-state index in [2.05, 4.69) is 182 Å². The van der Waals surface area contributed by atoms with Crippen molar-refractivity contribution in [2.75, 3.05) is 0 Å². The Labute approximate surface area is 301 Å². The molecular formula is C51H33N. The van der Waals surface area contributed by atoms with Crippen LogP contribution in [-0.4, -0.2) is 4.57 Å². The van der Waals surface area contributed by atoms with E-state index in [4.69, 9.17) is 0 Å². The SMILES string of the molecule is CC1(C)c2ccccc2-c2cc3c4cc5c6ccccc6c6ccccc6c5cc4n(-c4ccc5c6ccccc6c6ccccc6c5c4)c3cc21. The summed E-state index contributed by atoms with van der Waals surface area (Å²) in [7, 11) is 0. The second-order valence-electron chi connectivity index (χ2n) is 15.2. The molecule has 1 aliphatic rings. The minimum atomic E-state index is -0.100. The Morgan fingerprint density at radius 2 is 0.731 bits per heavy atom. The van der Waals surface area contributed by atoms with Crippen LogP contribution in [0.3, 0.4) is 0 Å². The molecule has 0 N–H and O–H groups in total. The third kappa shape index (κ3) is 3.53. The fourth-order valence-corrected chi connectivity index (χ4v) is 9.92. The number of hydrogen-bond acceptors (Lipinski definition) is 0. The lowest BCUT2D eigenvalue weighted by Crippen LogP contribution is -2.14. The van der Waals surface area contributed by atoms with Crippen molar-refractivity contribution in [2.24, 2.45) is 0 Å². The third-order valence-electron chi connectivity index (χ3n) is 12.3. The molecule has 1 nitrogen and oxygen atoms in total. The maximum atomic E-state index is 2.55. The van der Waals surface area contributed by atoms with E-state index in [0.29, 0.717) is 0 Å². The van der Waals surface area contributed by atoms with Gasteiger partial charge in [0.15, 0.2) is 0 Å². The summed E-state index contributed by atoms with van der Waals surface area (Å²) in [5.41, 5.74) is 9.08. The standard InChI is InChI=1S/C51H33N/c1-51(2)47-22-12-11-21-40(47)44-27-46-45-26-42-37-19-9-6-15-33(37)34-16-7-10-20-38(34)43(42)28-49(45)52(50(46)29-48(44)51)30-23-24-39-35-17-4-3-13-31(35)32-14-5-8-18-36(32)41(39)25-30/h3-29H,1-2H3. The number of benzene rings is 10. The Bertz CT molecular complexity index is 3340. The molecular weight excluding hydrogens is 627 g/mol. The molecule has 0 bridgehead atoms. The van der Waals surface area contributed by atoms with Gasteiger partial charge >= 0.3 is 0 Å². The summed E-state index contributed by atoms with van der Waals surface area (Å²) in [5, 5.41) is 18.1. The molecule has 0 spiro atoms. The van der Waals surface area contributed by atoms with Crippen LogP contribution in [0.4, 0.5) is 0 Å². The van der Waals surface area contributed by atoms with Crippen molar-refractivity contribution in [3.8, 4) is 16.8 Å². The Hall–Kier alpha value is -6.44. The minimum Gasteiger partial charge on any atom is -0.309 e. The first-order valence-corrected chi connectivity index (χ1v) is 18.4. The summed E-state index contributed by atoms with van der Waals surface area (Å²) >= 11 is 0. The van der Waals surface area contributed by atoms with Crippen molar-refractivity contribution in [1.29, 1.82) is 0 Å². The molecule has 0 atom stereocenters. The van der Waals surface area contributed by atoms with Gasteiger partial charge in [-0.2, -0.15) is 0 Å². The molecule has 10 aromatic carbocycles. The van der Waals surface area contributed by atoms with Gasteiger partial charge in [-0.05, 0) is 123 Å². The first-order valence-electron chi connectivity index (χ1n) is 18.4. The van der Waals surface area contributed by atoms with E-state index in [1.807, 2.05) is 0 Å². The number of aromatic nitrogens is 1. The van der Waals surface area contributed by atoms with Crippen molar-refractivity contribution in [3.63, 3.8) is 0 Å². The lowest BCUT2D eigenvalue weighted by Gasteiger charge is -2.21. The summed E-state index contributed by atoms with van der Waals surface area (Å²) in [5.74, 6) is 0. The molecule has 0 fully saturated rings. The summed E-state index contributed by atoms with van der Waals surface area (Å²) in [6.07, 6.45) is 0. The zero-order chi connectivity index (χ0) is 34.3. The number of nitrogens with zero attached hydrogens (tertiary/aromatic N) is 1. The summed E-state index contributed by atoms with van der Waals surface area (Å²) in [4.78, 5) is 0. The van der Waals surface area contributed by atoms with E-state index >= 15 is 0 Å². The first-order chi connectivity index (χ1) is 25.6. The monoisotopic (exact) mass is 659 g/mol. The van der Waals surface area contributed by atoms with Gasteiger partial charge in [-0.1, -0.05) is 141 Å². The fraction of sp³-hybridized carbons (Fsp3) is 0.0588. The van der Waals surface area contributed by atoms with Crippen molar-refractivity contribution < 1.29 is 0 Å². The molecule has 0 aliphatic heterocycles. The van der Waals surface area contributed by atoms with E-state index in [1.165, 1.54) is 114 Å². The second kappa shape index (κ2) is 9.87. The van der Waals surface area contributed by atoms with Crippen molar-refractivity contribution in [1.82, 2.24) is 4.57 Å². The Morgan fingerprint density at radius 3 is 1.31 bits per heavy atom. The molecule has 242 valence electrons. The molecule has 0 unspecified atom stereocenters. The van der Waals surface area contributed by atoms with Gasteiger partial charge in [-0.15, -0.1) is 0 Å². The predicted octanol–water partition coefficient (Wildman–Crippen LogP) is 14.0. The van der Waals surface area contributed by atoms with Gasteiger partial charge < -0.3 is 4.57 Å². The third-order valence-corrected chi connectivity index (χ3v) is 12.3. The molecule has 0 amide bonds. The van der Waals surface area contributed by atoms with E-state index in [9.17, 15) is 0 Å². The lowest BCUT2D eigenvalue weighted by molar-refractivity contribution is 0.661. The van der Waals surface area contributed by atoms with Gasteiger partial charge in [0.25, 0.3) is 0 Å². The highest BCUT2D eigenvalue weighted by atomic mass is 15.0.